The molecule has 19 heavy (non-hydrogen) atoms. The van der Waals surface area contributed by atoms with E-state index in [2.05, 4.69) is 5.32 Å². The molecule has 0 spiro atoms. The summed E-state index contributed by atoms with van der Waals surface area (Å²) in [5.41, 5.74) is 1.01. The van der Waals surface area contributed by atoms with Gasteiger partial charge in [0.25, 0.3) is 0 Å². The van der Waals surface area contributed by atoms with Crippen LogP contribution in [0.25, 0.3) is 0 Å². The smallest absolute Gasteiger partial charge is 0.303 e. The zero-order chi connectivity index (χ0) is 13.7. The summed E-state index contributed by atoms with van der Waals surface area (Å²) in [6.07, 6.45) is 0.786. The van der Waals surface area contributed by atoms with Gasteiger partial charge in [-0.25, -0.2) is 0 Å². The molecule has 1 aliphatic rings. The van der Waals surface area contributed by atoms with Crippen LogP contribution in [0.3, 0.4) is 0 Å². The van der Waals surface area contributed by atoms with E-state index in [-0.39, 0.29) is 13.2 Å². The van der Waals surface area contributed by atoms with E-state index in [0.717, 1.165) is 5.56 Å². The fourth-order valence-electron chi connectivity index (χ4n) is 1.88. The van der Waals surface area contributed by atoms with Gasteiger partial charge in [-0.05, 0) is 30.7 Å². The highest BCUT2D eigenvalue weighted by Gasteiger charge is 2.19. The first-order valence-corrected chi connectivity index (χ1v) is 6.09. The summed E-state index contributed by atoms with van der Waals surface area (Å²) in [4.78, 5) is 10.4. The molecule has 6 heteroatoms. The van der Waals surface area contributed by atoms with Crippen LogP contribution in [0.15, 0.2) is 12.1 Å². The molecular formula is C13H17NO5. The topological polar surface area (TPSA) is 77.0 Å². The molecule has 0 unspecified atom stereocenters. The number of methoxy groups -OCH3 is 1. The van der Waals surface area contributed by atoms with Gasteiger partial charge in [-0.2, -0.15) is 0 Å². The minimum absolute atomic E-state index is 0.178. The Bertz CT molecular complexity index is 461. The second-order valence-electron chi connectivity index (χ2n) is 4.21. The predicted molar refractivity (Wildman–Crippen MR) is 67.7 cm³/mol. The van der Waals surface area contributed by atoms with Gasteiger partial charge < -0.3 is 24.6 Å². The first kappa shape index (κ1) is 13.5. The fourth-order valence-corrected chi connectivity index (χ4v) is 1.88. The Morgan fingerprint density at radius 1 is 1.47 bits per heavy atom. The number of carbonyl (C=O) groups is 1. The van der Waals surface area contributed by atoms with Crippen LogP contribution in [-0.2, 0) is 11.3 Å². The second-order valence-corrected chi connectivity index (χ2v) is 4.21. The van der Waals surface area contributed by atoms with E-state index in [0.29, 0.717) is 36.8 Å². The van der Waals surface area contributed by atoms with E-state index in [4.69, 9.17) is 19.3 Å². The van der Waals surface area contributed by atoms with Crippen LogP contribution in [0.2, 0.25) is 0 Å². The third-order valence-electron chi connectivity index (χ3n) is 2.79. The zero-order valence-electron chi connectivity index (χ0n) is 10.8. The summed E-state index contributed by atoms with van der Waals surface area (Å²) in [6.45, 7) is 1.50. The van der Waals surface area contributed by atoms with Gasteiger partial charge in [-0.3, -0.25) is 4.79 Å². The van der Waals surface area contributed by atoms with E-state index in [1.54, 1.807) is 7.11 Å². The minimum atomic E-state index is -0.772. The van der Waals surface area contributed by atoms with Crippen molar-refractivity contribution < 1.29 is 24.1 Å². The number of carboxylic acids is 1. The molecule has 0 radical (unpaired) electrons. The molecule has 2 rings (SSSR count). The van der Waals surface area contributed by atoms with Crippen molar-refractivity contribution >= 4 is 5.97 Å². The maximum absolute atomic E-state index is 10.4. The van der Waals surface area contributed by atoms with Gasteiger partial charge in [0.1, 0.15) is 0 Å². The summed E-state index contributed by atoms with van der Waals surface area (Å²) in [5.74, 6) is 1.20. The van der Waals surface area contributed by atoms with Crippen molar-refractivity contribution in [3.05, 3.63) is 17.7 Å². The molecule has 0 aliphatic carbocycles. The molecule has 1 aliphatic heterocycles. The largest absolute Gasteiger partial charge is 0.493 e. The molecule has 0 amide bonds. The van der Waals surface area contributed by atoms with Gasteiger partial charge in [-0.15, -0.1) is 0 Å². The van der Waals surface area contributed by atoms with Crippen molar-refractivity contribution in [2.75, 3.05) is 20.4 Å². The maximum atomic E-state index is 10.4. The molecule has 0 saturated heterocycles. The van der Waals surface area contributed by atoms with Gasteiger partial charge in [-0.1, -0.05) is 0 Å². The Morgan fingerprint density at radius 2 is 2.32 bits per heavy atom. The number of hydrogen-bond acceptors (Lipinski definition) is 5. The van der Waals surface area contributed by atoms with Crippen LogP contribution >= 0.6 is 0 Å². The molecule has 0 atom stereocenters. The van der Waals surface area contributed by atoms with Crippen molar-refractivity contribution in [1.82, 2.24) is 5.32 Å². The summed E-state index contributed by atoms with van der Waals surface area (Å²) >= 11 is 0. The SMILES string of the molecule is COc1cc(CNCCCC(=O)O)cc2c1OCO2. The number of fused-ring (bicyclic) bond motifs is 1. The highest BCUT2D eigenvalue weighted by atomic mass is 16.7. The van der Waals surface area contributed by atoms with Crippen molar-refractivity contribution in [3.8, 4) is 17.2 Å². The molecule has 0 fully saturated rings. The number of hydrogen-bond donors (Lipinski definition) is 2. The Kier molecular flexibility index (Phi) is 4.46. The molecule has 1 aromatic rings. The van der Waals surface area contributed by atoms with Crippen LogP contribution in [-0.4, -0.2) is 31.5 Å². The molecular weight excluding hydrogens is 250 g/mol. The Morgan fingerprint density at radius 3 is 3.05 bits per heavy atom. The maximum Gasteiger partial charge on any atom is 0.303 e. The highest BCUT2D eigenvalue weighted by molar-refractivity contribution is 5.66. The molecule has 0 aromatic heterocycles. The number of rotatable bonds is 7. The predicted octanol–water partition coefficient (Wildman–Crippen LogP) is 1.38. The standard InChI is InChI=1S/C13H17NO5/c1-17-10-5-9(6-11-13(10)19-8-18-11)7-14-4-2-3-12(15)16/h5-6,14H,2-4,7-8H2,1H3,(H,15,16). The van der Waals surface area contributed by atoms with Gasteiger partial charge >= 0.3 is 5.97 Å². The normalized spacial score (nSPS) is 12.5. The van der Waals surface area contributed by atoms with Gasteiger partial charge in [0.2, 0.25) is 12.5 Å². The second kappa shape index (κ2) is 6.29. The first-order valence-electron chi connectivity index (χ1n) is 6.09. The van der Waals surface area contributed by atoms with Gasteiger partial charge in [0.05, 0.1) is 7.11 Å². The number of nitrogens with one attached hydrogen (secondary N) is 1. The molecule has 2 N–H and O–H groups in total. The molecule has 0 bridgehead atoms. The van der Waals surface area contributed by atoms with Gasteiger partial charge in [0, 0.05) is 13.0 Å². The van der Waals surface area contributed by atoms with Crippen LogP contribution in [0.1, 0.15) is 18.4 Å². The van der Waals surface area contributed by atoms with Crippen LogP contribution < -0.4 is 19.5 Å². The van der Waals surface area contributed by atoms with E-state index in [1.165, 1.54) is 0 Å². The quantitative estimate of drug-likeness (QED) is 0.727. The number of carboxylic acid groups (broad SMARTS) is 1. The van der Waals surface area contributed by atoms with Crippen molar-refractivity contribution in [2.24, 2.45) is 0 Å². The lowest BCUT2D eigenvalue weighted by Gasteiger charge is -2.09. The van der Waals surface area contributed by atoms with Crippen LogP contribution in [0.4, 0.5) is 0 Å². The lowest BCUT2D eigenvalue weighted by molar-refractivity contribution is -0.137. The summed E-state index contributed by atoms with van der Waals surface area (Å²) in [6, 6.07) is 3.78. The summed E-state index contributed by atoms with van der Waals surface area (Å²) in [5, 5.41) is 11.7. The summed E-state index contributed by atoms with van der Waals surface area (Å²) in [7, 11) is 1.58. The highest BCUT2D eigenvalue weighted by Crippen LogP contribution is 2.41. The molecule has 6 nitrogen and oxygen atoms in total. The Hall–Kier alpha value is -1.95. The number of benzene rings is 1. The van der Waals surface area contributed by atoms with E-state index >= 15 is 0 Å². The van der Waals surface area contributed by atoms with E-state index < -0.39 is 5.97 Å². The van der Waals surface area contributed by atoms with Crippen LogP contribution in [0.5, 0.6) is 17.2 Å². The average Bonchev–Trinajstić information content (AvgIpc) is 2.85. The summed E-state index contributed by atoms with van der Waals surface area (Å²) < 4.78 is 15.9. The monoisotopic (exact) mass is 267 g/mol. The first-order chi connectivity index (χ1) is 9.20. The zero-order valence-corrected chi connectivity index (χ0v) is 10.8. The number of ether oxygens (including phenoxy) is 3. The third-order valence-corrected chi connectivity index (χ3v) is 2.79. The average molecular weight is 267 g/mol. The fraction of sp³-hybridized carbons (Fsp3) is 0.462. The Balaban J connectivity index is 1.89. The van der Waals surface area contributed by atoms with Crippen molar-refractivity contribution in [3.63, 3.8) is 0 Å². The lowest BCUT2D eigenvalue weighted by Crippen LogP contribution is -2.15. The lowest BCUT2D eigenvalue weighted by atomic mass is 10.2. The minimum Gasteiger partial charge on any atom is -0.493 e. The third kappa shape index (κ3) is 3.51. The number of aliphatic carboxylic acids is 1. The molecule has 1 aromatic carbocycles. The van der Waals surface area contributed by atoms with E-state index in [9.17, 15) is 4.79 Å². The van der Waals surface area contributed by atoms with Crippen molar-refractivity contribution in [1.29, 1.82) is 0 Å². The molecule has 104 valence electrons. The molecule has 1 heterocycles. The van der Waals surface area contributed by atoms with E-state index in [1.807, 2.05) is 12.1 Å². The van der Waals surface area contributed by atoms with Gasteiger partial charge in [0.15, 0.2) is 11.5 Å². The Labute approximate surface area is 111 Å². The van der Waals surface area contributed by atoms with Crippen LogP contribution in [0, 0.1) is 0 Å². The molecule has 0 saturated carbocycles. The van der Waals surface area contributed by atoms with Crippen molar-refractivity contribution in [2.45, 2.75) is 19.4 Å².